The Kier molecular flexibility index (Phi) is 2.52. The van der Waals surface area contributed by atoms with E-state index in [1.54, 1.807) is 13.0 Å². The third-order valence-electron chi connectivity index (χ3n) is 1.83. The summed E-state index contributed by atoms with van der Waals surface area (Å²) in [7, 11) is 0. The lowest BCUT2D eigenvalue weighted by molar-refractivity contribution is 0.469. The fourth-order valence-corrected chi connectivity index (χ4v) is 1.17. The Labute approximate surface area is 76.5 Å². The second-order valence-corrected chi connectivity index (χ2v) is 2.74. The summed E-state index contributed by atoms with van der Waals surface area (Å²) in [5.41, 5.74) is 1.79. The SMILES string of the molecule is Cc1cc(C#N)cc(O)c1CC#N. The Balaban J connectivity index is 3.26. The van der Waals surface area contributed by atoms with Crippen molar-refractivity contribution in [2.24, 2.45) is 0 Å². The molecule has 0 saturated heterocycles. The minimum atomic E-state index is 0.0260. The Hall–Kier alpha value is -2.00. The quantitative estimate of drug-likeness (QED) is 0.700. The maximum Gasteiger partial charge on any atom is 0.121 e. The molecule has 0 aliphatic carbocycles. The van der Waals surface area contributed by atoms with Gasteiger partial charge in [0.1, 0.15) is 5.75 Å². The topological polar surface area (TPSA) is 67.8 Å². The lowest BCUT2D eigenvalue weighted by Crippen LogP contribution is -1.90. The minimum absolute atomic E-state index is 0.0260. The number of aromatic hydroxyl groups is 1. The Morgan fingerprint density at radius 3 is 2.54 bits per heavy atom. The molecule has 0 spiro atoms. The first kappa shape index (κ1) is 9.09. The molecule has 0 aliphatic rings. The van der Waals surface area contributed by atoms with Crippen molar-refractivity contribution in [3.8, 4) is 17.9 Å². The van der Waals surface area contributed by atoms with Crippen molar-refractivity contribution in [3.63, 3.8) is 0 Å². The van der Waals surface area contributed by atoms with Crippen LogP contribution in [0.3, 0.4) is 0 Å². The summed E-state index contributed by atoms with van der Waals surface area (Å²) in [6, 6.07) is 6.93. The van der Waals surface area contributed by atoms with Crippen molar-refractivity contribution in [3.05, 3.63) is 28.8 Å². The van der Waals surface area contributed by atoms with Crippen molar-refractivity contribution in [1.29, 1.82) is 10.5 Å². The molecule has 64 valence electrons. The Bertz CT molecular complexity index is 387. The van der Waals surface area contributed by atoms with E-state index in [0.717, 1.165) is 5.56 Å². The first-order chi connectivity index (χ1) is 6.19. The van der Waals surface area contributed by atoms with E-state index in [1.165, 1.54) is 6.07 Å². The highest BCUT2D eigenvalue weighted by molar-refractivity contribution is 5.47. The highest BCUT2D eigenvalue weighted by Crippen LogP contribution is 2.22. The molecule has 0 bridgehead atoms. The number of aryl methyl sites for hydroxylation is 1. The van der Waals surface area contributed by atoms with E-state index < -0.39 is 0 Å². The summed E-state index contributed by atoms with van der Waals surface area (Å²) in [6.07, 6.45) is 0.170. The van der Waals surface area contributed by atoms with Crippen LogP contribution in [0.25, 0.3) is 0 Å². The van der Waals surface area contributed by atoms with Crippen LogP contribution in [-0.4, -0.2) is 5.11 Å². The molecule has 3 heteroatoms. The first-order valence-corrected chi connectivity index (χ1v) is 3.78. The second kappa shape index (κ2) is 3.60. The van der Waals surface area contributed by atoms with Crippen LogP contribution < -0.4 is 0 Å². The molecule has 0 atom stereocenters. The molecule has 13 heavy (non-hydrogen) atoms. The molecule has 1 rings (SSSR count). The number of phenols is 1. The van der Waals surface area contributed by atoms with Crippen LogP contribution in [-0.2, 0) is 6.42 Å². The maximum absolute atomic E-state index is 9.43. The standard InChI is InChI=1S/C10H8N2O/c1-7-4-8(6-12)5-10(13)9(7)2-3-11/h4-5,13H,2H2,1H3. The van der Waals surface area contributed by atoms with Gasteiger partial charge in [-0.25, -0.2) is 0 Å². The van der Waals surface area contributed by atoms with E-state index in [2.05, 4.69) is 0 Å². The molecule has 1 N–H and O–H groups in total. The van der Waals surface area contributed by atoms with E-state index in [1.807, 2.05) is 12.1 Å². The first-order valence-electron chi connectivity index (χ1n) is 3.78. The molecular formula is C10H8N2O. The van der Waals surface area contributed by atoms with Gasteiger partial charge in [0.25, 0.3) is 0 Å². The molecule has 1 aromatic carbocycles. The van der Waals surface area contributed by atoms with Gasteiger partial charge in [-0.3, -0.25) is 0 Å². The van der Waals surface area contributed by atoms with E-state index in [4.69, 9.17) is 10.5 Å². The van der Waals surface area contributed by atoms with Crippen LogP contribution in [0.4, 0.5) is 0 Å². The minimum Gasteiger partial charge on any atom is -0.508 e. The largest absolute Gasteiger partial charge is 0.508 e. The zero-order valence-corrected chi connectivity index (χ0v) is 7.20. The van der Waals surface area contributed by atoms with Crippen LogP contribution in [0.2, 0.25) is 0 Å². The molecule has 0 saturated carbocycles. The molecule has 1 aromatic rings. The fraction of sp³-hybridized carbons (Fsp3) is 0.200. The molecular weight excluding hydrogens is 164 g/mol. The van der Waals surface area contributed by atoms with Crippen molar-refractivity contribution >= 4 is 0 Å². The predicted octanol–water partition coefficient (Wildman–Crippen LogP) is 1.64. The zero-order valence-electron chi connectivity index (χ0n) is 7.20. The van der Waals surface area contributed by atoms with E-state index in [9.17, 15) is 5.11 Å². The number of phenolic OH excluding ortho intramolecular Hbond substituents is 1. The van der Waals surface area contributed by atoms with Gasteiger partial charge in [0.2, 0.25) is 0 Å². The third kappa shape index (κ3) is 1.77. The Morgan fingerprint density at radius 1 is 1.38 bits per heavy atom. The molecule has 0 heterocycles. The molecule has 0 aromatic heterocycles. The highest BCUT2D eigenvalue weighted by Gasteiger charge is 2.06. The van der Waals surface area contributed by atoms with Gasteiger partial charge in [-0.15, -0.1) is 0 Å². The zero-order chi connectivity index (χ0) is 9.84. The monoisotopic (exact) mass is 172 g/mol. The summed E-state index contributed by atoms with van der Waals surface area (Å²) in [4.78, 5) is 0. The lowest BCUT2D eigenvalue weighted by atomic mass is 10.0. The van der Waals surface area contributed by atoms with Gasteiger partial charge in [0, 0.05) is 5.56 Å². The van der Waals surface area contributed by atoms with Gasteiger partial charge in [-0.1, -0.05) is 0 Å². The molecule has 3 nitrogen and oxygen atoms in total. The van der Waals surface area contributed by atoms with Crippen LogP contribution in [0.15, 0.2) is 12.1 Å². The average Bonchev–Trinajstić information content (AvgIpc) is 2.11. The van der Waals surface area contributed by atoms with Gasteiger partial charge in [0.05, 0.1) is 24.1 Å². The van der Waals surface area contributed by atoms with Crippen molar-refractivity contribution in [2.75, 3.05) is 0 Å². The number of rotatable bonds is 1. The number of nitrogens with zero attached hydrogens (tertiary/aromatic N) is 2. The lowest BCUT2D eigenvalue weighted by Gasteiger charge is -2.04. The van der Waals surface area contributed by atoms with E-state index in [0.29, 0.717) is 11.1 Å². The van der Waals surface area contributed by atoms with Crippen LogP contribution >= 0.6 is 0 Å². The normalized spacial score (nSPS) is 8.85. The number of nitriles is 2. The van der Waals surface area contributed by atoms with Crippen LogP contribution in [0, 0.1) is 29.6 Å². The van der Waals surface area contributed by atoms with Gasteiger partial charge in [0.15, 0.2) is 0 Å². The van der Waals surface area contributed by atoms with E-state index in [-0.39, 0.29) is 12.2 Å². The van der Waals surface area contributed by atoms with Crippen LogP contribution in [0.5, 0.6) is 5.75 Å². The fourth-order valence-electron chi connectivity index (χ4n) is 1.17. The molecule has 0 aliphatic heterocycles. The average molecular weight is 172 g/mol. The van der Waals surface area contributed by atoms with Gasteiger partial charge in [-0.05, 0) is 24.6 Å². The van der Waals surface area contributed by atoms with Crippen LogP contribution in [0.1, 0.15) is 16.7 Å². The second-order valence-electron chi connectivity index (χ2n) is 2.74. The molecule has 0 unspecified atom stereocenters. The van der Waals surface area contributed by atoms with Crippen molar-refractivity contribution in [2.45, 2.75) is 13.3 Å². The van der Waals surface area contributed by atoms with E-state index >= 15 is 0 Å². The summed E-state index contributed by atoms with van der Waals surface area (Å²) < 4.78 is 0. The summed E-state index contributed by atoms with van der Waals surface area (Å²) >= 11 is 0. The third-order valence-corrected chi connectivity index (χ3v) is 1.83. The Morgan fingerprint density at radius 2 is 2.08 bits per heavy atom. The highest BCUT2D eigenvalue weighted by atomic mass is 16.3. The number of hydrogen-bond donors (Lipinski definition) is 1. The predicted molar refractivity (Wildman–Crippen MR) is 46.9 cm³/mol. The smallest absolute Gasteiger partial charge is 0.121 e. The van der Waals surface area contributed by atoms with Crippen molar-refractivity contribution in [1.82, 2.24) is 0 Å². The molecule has 0 fully saturated rings. The summed E-state index contributed by atoms with van der Waals surface area (Å²) in [5.74, 6) is 0.0260. The maximum atomic E-state index is 9.43. The van der Waals surface area contributed by atoms with Gasteiger partial charge >= 0.3 is 0 Å². The number of hydrogen-bond acceptors (Lipinski definition) is 3. The summed E-state index contributed by atoms with van der Waals surface area (Å²) in [6.45, 7) is 1.77. The van der Waals surface area contributed by atoms with Crippen molar-refractivity contribution < 1.29 is 5.11 Å². The van der Waals surface area contributed by atoms with Gasteiger partial charge in [-0.2, -0.15) is 10.5 Å². The molecule has 0 amide bonds. The van der Waals surface area contributed by atoms with Gasteiger partial charge < -0.3 is 5.11 Å². The molecule has 0 radical (unpaired) electrons. The number of benzene rings is 1. The summed E-state index contributed by atoms with van der Waals surface area (Å²) in [5, 5.41) is 26.5.